The van der Waals surface area contributed by atoms with Crippen LogP contribution in [-0.2, 0) is 4.79 Å². The first-order chi connectivity index (χ1) is 9.09. The van der Waals surface area contributed by atoms with Gasteiger partial charge in [0.25, 0.3) is 0 Å². The third-order valence-corrected chi connectivity index (χ3v) is 5.18. The maximum Gasteiger partial charge on any atom is 0.238 e. The third kappa shape index (κ3) is 3.45. The van der Waals surface area contributed by atoms with Crippen molar-refractivity contribution in [3.63, 3.8) is 0 Å². The maximum absolute atomic E-state index is 12.1. The topological polar surface area (TPSA) is 29.1 Å². The molecule has 0 aliphatic heterocycles. The first kappa shape index (κ1) is 14.3. The summed E-state index contributed by atoms with van der Waals surface area (Å²) < 4.78 is 0. The summed E-state index contributed by atoms with van der Waals surface area (Å²) in [6.45, 7) is 4.04. The highest BCUT2D eigenvalue weighted by Crippen LogP contribution is 2.31. The SMILES string of the molecule is CC(C)C(Br)C(=O)Nc1ccccc1-c1cccs1. The van der Waals surface area contributed by atoms with Crippen molar-refractivity contribution in [2.75, 3.05) is 5.32 Å². The van der Waals surface area contributed by atoms with Crippen LogP contribution < -0.4 is 5.32 Å². The molecule has 100 valence electrons. The predicted octanol–water partition coefficient (Wildman–Crippen LogP) is 4.77. The van der Waals surface area contributed by atoms with Gasteiger partial charge in [-0.1, -0.05) is 54.0 Å². The molecule has 0 radical (unpaired) electrons. The number of carbonyl (C=O) groups is 1. The van der Waals surface area contributed by atoms with E-state index in [4.69, 9.17) is 0 Å². The number of carbonyl (C=O) groups excluding carboxylic acids is 1. The number of para-hydroxylation sites is 1. The molecule has 2 rings (SSSR count). The van der Waals surface area contributed by atoms with E-state index in [-0.39, 0.29) is 16.7 Å². The van der Waals surface area contributed by atoms with Gasteiger partial charge in [0.1, 0.15) is 0 Å². The van der Waals surface area contributed by atoms with Crippen LogP contribution in [0.3, 0.4) is 0 Å². The molecule has 1 atom stereocenters. The van der Waals surface area contributed by atoms with E-state index in [1.54, 1.807) is 11.3 Å². The number of alkyl halides is 1. The van der Waals surface area contributed by atoms with Crippen LogP contribution in [-0.4, -0.2) is 10.7 Å². The van der Waals surface area contributed by atoms with Crippen LogP contribution in [0.5, 0.6) is 0 Å². The average molecular weight is 338 g/mol. The second-order valence-electron chi connectivity index (χ2n) is 4.66. The smallest absolute Gasteiger partial charge is 0.238 e. The van der Waals surface area contributed by atoms with Crippen molar-refractivity contribution >= 4 is 38.9 Å². The summed E-state index contributed by atoms with van der Waals surface area (Å²) in [7, 11) is 0. The van der Waals surface area contributed by atoms with Crippen molar-refractivity contribution in [1.29, 1.82) is 0 Å². The van der Waals surface area contributed by atoms with E-state index >= 15 is 0 Å². The van der Waals surface area contributed by atoms with Crippen LogP contribution in [0, 0.1) is 5.92 Å². The summed E-state index contributed by atoms with van der Waals surface area (Å²) in [5.41, 5.74) is 1.93. The van der Waals surface area contributed by atoms with Crippen molar-refractivity contribution in [2.45, 2.75) is 18.7 Å². The normalized spacial score (nSPS) is 12.4. The molecule has 1 amide bonds. The Labute approximate surface area is 126 Å². The summed E-state index contributed by atoms with van der Waals surface area (Å²) in [6, 6.07) is 12.0. The summed E-state index contributed by atoms with van der Waals surface area (Å²) in [5, 5.41) is 5.04. The van der Waals surface area contributed by atoms with Crippen LogP contribution in [0.25, 0.3) is 10.4 Å². The van der Waals surface area contributed by atoms with E-state index in [1.807, 2.05) is 49.6 Å². The summed E-state index contributed by atoms with van der Waals surface area (Å²) >= 11 is 5.10. The summed E-state index contributed by atoms with van der Waals surface area (Å²) in [5.74, 6) is 0.257. The van der Waals surface area contributed by atoms with Crippen molar-refractivity contribution in [3.05, 3.63) is 41.8 Å². The lowest BCUT2D eigenvalue weighted by Gasteiger charge is -2.15. The molecule has 1 aromatic carbocycles. The highest BCUT2D eigenvalue weighted by atomic mass is 79.9. The quantitative estimate of drug-likeness (QED) is 0.799. The molecule has 0 aliphatic rings. The molecule has 0 saturated heterocycles. The number of rotatable bonds is 4. The van der Waals surface area contributed by atoms with Crippen molar-refractivity contribution in [1.82, 2.24) is 0 Å². The van der Waals surface area contributed by atoms with Gasteiger partial charge >= 0.3 is 0 Å². The lowest BCUT2D eigenvalue weighted by Crippen LogP contribution is -2.27. The fourth-order valence-corrected chi connectivity index (χ4v) is 2.62. The van der Waals surface area contributed by atoms with Crippen molar-refractivity contribution < 1.29 is 4.79 Å². The van der Waals surface area contributed by atoms with Gasteiger partial charge in [0.15, 0.2) is 0 Å². The summed E-state index contributed by atoms with van der Waals surface area (Å²) in [4.78, 5) is 13.1. The highest BCUT2D eigenvalue weighted by molar-refractivity contribution is 9.10. The van der Waals surface area contributed by atoms with Gasteiger partial charge in [0.2, 0.25) is 5.91 Å². The molecule has 0 spiro atoms. The maximum atomic E-state index is 12.1. The van der Waals surface area contributed by atoms with Gasteiger partial charge in [0, 0.05) is 16.1 Å². The van der Waals surface area contributed by atoms with Gasteiger partial charge in [-0.2, -0.15) is 0 Å². The zero-order chi connectivity index (χ0) is 13.8. The molecule has 19 heavy (non-hydrogen) atoms. The van der Waals surface area contributed by atoms with E-state index in [9.17, 15) is 4.79 Å². The zero-order valence-corrected chi connectivity index (χ0v) is 13.3. The molecule has 1 unspecified atom stereocenters. The van der Waals surface area contributed by atoms with E-state index < -0.39 is 0 Å². The van der Waals surface area contributed by atoms with Gasteiger partial charge in [0.05, 0.1) is 4.83 Å². The summed E-state index contributed by atoms with van der Waals surface area (Å²) in [6.07, 6.45) is 0. The average Bonchev–Trinajstić information content (AvgIpc) is 2.92. The Morgan fingerprint density at radius 1 is 1.21 bits per heavy atom. The van der Waals surface area contributed by atoms with Crippen LogP contribution in [0.2, 0.25) is 0 Å². The minimum atomic E-state index is -0.177. The molecule has 1 N–H and O–H groups in total. The standard InChI is InChI=1S/C15H16BrNOS/c1-10(2)14(16)15(18)17-12-7-4-3-6-11(12)13-8-5-9-19-13/h3-10,14H,1-2H3,(H,17,18). The molecule has 2 nitrogen and oxygen atoms in total. The van der Waals surface area contributed by atoms with Gasteiger partial charge in [-0.25, -0.2) is 0 Å². The van der Waals surface area contributed by atoms with Crippen molar-refractivity contribution in [2.24, 2.45) is 5.92 Å². The Hall–Kier alpha value is -1.13. The van der Waals surface area contributed by atoms with Crippen LogP contribution in [0.15, 0.2) is 41.8 Å². The first-order valence-electron chi connectivity index (χ1n) is 6.17. The van der Waals surface area contributed by atoms with E-state index in [2.05, 4.69) is 27.3 Å². The third-order valence-electron chi connectivity index (χ3n) is 2.81. The molecule has 2 aromatic rings. The minimum absolute atomic E-state index is 0.000920. The molecule has 4 heteroatoms. The second kappa shape index (κ2) is 6.35. The number of nitrogens with one attached hydrogen (secondary N) is 1. The molecule has 0 aliphatic carbocycles. The predicted molar refractivity (Wildman–Crippen MR) is 85.9 cm³/mol. The van der Waals surface area contributed by atoms with E-state index in [0.29, 0.717) is 0 Å². The van der Waals surface area contributed by atoms with Crippen molar-refractivity contribution in [3.8, 4) is 10.4 Å². The lowest BCUT2D eigenvalue weighted by molar-refractivity contribution is -0.116. The largest absolute Gasteiger partial charge is 0.325 e. The van der Waals surface area contributed by atoms with Crippen LogP contribution in [0.4, 0.5) is 5.69 Å². The molecular formula is C15H16BrNOS. The van der Waals surface area contributed by atoms with Gasteiger partial charge in [-0.05, 0) is 23.4 Å². The fourth-order valence-electron chi connectivity index (χ4n) is 1.74. The van der Waals surface area contributed by atoms with Gasteiger partial charge in [-0.3, -0.25) is 4.79 Å². The molecule has 0 fully saturated rings. The Bertz CT molecular complexity index is 551. The number of hydrogen-bond acceptors (Lipinski definition) is 2. The fraction of sp³-hybridized carbons (Fsp3) is 0.267. The minimum Gasteiger partial charge on any atom is -0.325 e. The Balaban J connectivity index is 2.24. The Kier molecular flexibility index (Phi) is 4.77. The zero-order valence-electron chi connectivity index (χ0n) is 10.9. The van der Waals surface area contributed by atoms with E-state index in [0.717, 1.165) is 16.1 Å². The number of hydrogen-bond donors (Lipinski definition) is 1. The number of benzene rings is 1. The second-order valence-corrected chi connectivity index (χ2v) is 6.59. The Morgan fingerprint density at radius 3 is 2.58 bits per heavy atom. The molecule has 0 saturated carbocycles. The lowest BCUT2D eigenvalue weighted by atomic mass is 10.1. The number of thiophene rings is 1. The molecule has 1 aromatic heterocycles. The number of anilines is 1. The molecular weight excluding hydrogens is 322 g/mol. The van der Waals surface area contributed by atoms with E-state index in [1.165, 1.54) is 0 Å². The Morgan fingerprint density at radius 2 is 1.95 bits per heavy atom. The number of amides is 1. The van der Waals surface area contributed by atoms with Gasteiger partial charge in [-0.15, -0.1) is 11.3 Å². The first-order valence-corrected chi connectivity index (χ1v) is 7.97. The van der Waals surface area contributed by atoms with Crippen LogP contribution in [0.1, 0.15) is 13.8 Å². The number of halogens is 1. The molecule has 1 heterocycles. The van der Waals surface area contributed by atoms with Crippen LogP contribution >= 0.6 is 27.3 Å². The monoisotopic (exact) mass is 337 g/mol. The molecule has 0 bridgehead atoms. The van der Waals surface area contributed by atoms with Gasteiger partial charge < -0.3 is 5.32 Å². The highest BCUT2D eigenvalue weighted by Gasteiger charge is 2.19.